The predicted octanol–water partition coefficient (Wildman–Crippen LogP) is 1.12. The summed E-state index contributed by atoms with van der Waals surface area (Å²) >= 11 is 0. The van der Waals surface area contributed by atoms with E-state index < -0.39 is 5.60 Å². The highest BCUT2D eigenvalue weighted by molar-refractivity contribution is 5.93. The average Bonchev–Trinajstić information content (AvgIpc) is 2.75. The lowest BCUT2D eigenvalue weighted by Crippen LogP contribution is -2.40. The monoisotopic (exact) mass is 220 g/mol. The van der Waals surface area contributed by atoms with E-state index in [1.165, 1.54) is 0 Å². The van der Waals surface area contributed by atoms with Crippen LogP contribution in [0.3, 0.4) is 0 Å². The van der Waals surface area contributed by atoms with Gasteiger partial charge in [-0.05, 0) is 25.0 Å². The number of hydrogen-bond acceptors (Lipinski definition) is 3. The lowest BCUT2D eigenvalue weighted by atomic mass is 10.0. The Hall–Kier alpha value is -1.42. The lowest BCUT2D eigenvalue weighted by molar-refractivity contribution is 0.0449. The van der Waals surface area contributed by atoms with Crippen LogP contribution in [0.1, 0.15) is 36.0 Å². The van der Waals surface area contributed by atoms with Crippen molar-refractivity contribution in [1.82, 2.24) is 10.3 Å². The first kappa shape index (κ1) is 11.1. The van der Waals surface area contributed by atoms with Crippen LogP contribution in [0, 0.1) is 0 Å². The molecule has 2 N–H and O–H groups in total. The Kier molecular flexibility index (Phi) is 3.19. The molecule has 1 aliphatic carbocycles. The van der Waals surface area contributed by atoms with Crippen LogP contribution < -0.4 is 5.32 Å². The zero-order valence-corrected chi connectivity index (χ0v) is 9.15. The van der Waals surface area contributed by atoms with Crippen molar-refractivity contribution in [3.05, 3.63) is 30.1 Å². The van der Waals surface area contributed by atoms with E-state index in [0.717, 1.165) is 25.7 Å². The van der Waals surface area contributed by atoms with E-state index in [0.29, 0.717) is 12.1 Å². The molecular formula is C12H16N2O2. The number of pyridine rings is 1. The van der Waals surface area contributed by atoms with Gasteiger partial charge in [0.2, 0.25) is 0 Å². The fraction of sp³-hybridized carbons (Fsp3) is 0.500. The molecule has 4 nitrogen and oxygen atoms in total. The van der Waals surface area contributed by atoms with Crippen LogP contribution in [0.4, 0.5) is 0 Å². The number of amides is 1. The van der Waals surface area contributed by atoms with Gasteiger partial charge in [-0.1, -0.05) is 12.8 Å². The number of carbonyl (C=O) groups is 1. The minimum Gasteiger partial charge on any atom is -0.388 e. The summed E-state index contributed by atoms with van der Waals surface area (Å²) in [5.74, 6) is -0.150. The summed E-state index contributed by atoms with van der Waals surface area (Å²) in [6.45, 7) is 0.341. The third kappa shape index (κ3) is 2.58. The molecular weight excluding hydrogens is 204 g/mol. The van der Waals surface area contributed by atoms with Crippen molar-refractivity contribution in [1.29, 1.82) is 0 Å². The number of carbonyl (C=O) groups excluding carboxylic acids is 1. The molecule has 0 aromatic carbocycles. The smallest absolute Gasteiger partial charge is 0.251 e. The van der Waals surface area contributed by atoms with Gasteiger partial charge in [-0.2, -0.15) is 0 Å². The molecule has 0 unspecified atom stereocenters. The van der Waals surface area contributed by atoms with Gasteiger partial charge in [0.15, 0.2) is 0 Å². The minimum absolute atomic E-state index is 0.150. The third-order valence-electron chi connectivity index (χ3n) is 3.05. The van der Waals surface area contributed by atoms with Crippen molar-refractivity contribution < 1.29 is 9.90 Å². The van der Waals surface area contributed by atoms with E-state index in [4.69, 9.17) is 0 Å². The molecule has 1 aromatic heterocycles. The van der Waals surface area contributed by atoms with Gasteiger partial charge in [0.25, 0.3) is 5.91 Å². The molecule has 86 valence electrons. The van der Waals surface area contributed by atoms with Crippen LogP contribution >= 0.6 is 0 Å². The number of nitrogens with one attached hydrogen (secondary N) is 1. The van der Waals surface area contributed by atoms with Gasteiger partial charge in [-0.15, -0.1) is 0 Å². The summed E-state index contributed by atoms with van der Waals surface area (Å²) in [6, 6.07) is 3.32. The van der Waals surface area contributed by atoms with Gasteiger partial charge in [-0.3, -0.25) is 9.78 Å². The number of rotatable bonds is 3. The normalized spacial score (nSPS) is 18.3. The average molecular weight is 220 g/mol. The van der Waals surface area contributed by atoms with Gasteiger partial charge in [0, 0.05) is 24.5 Å². The third-order valence-corrected chi connectivity index (χ3v) is 3.05. The second-order valence-electron chi connectivity index (χ2n) is 4.35. The Morgan fingerprint density at radius 2 is 2.00 bits per heavy atom. The van der Waals surface area contributed by atoms with Gasteiger partial charge >= 0.3 is 0 Å². The summed E-state index contributed by atoms with van der Waals surface area (Å²) in [5.41, 5.74) is -0.112. The zero-order valence-electron chi connectivity index (χ0n) is 9.15. The van der Waals surface area contributed by atoms with Crippen LogP contribution in [0.25, 0.3) is 0 Å². The molecule has 0 radical (unpaired) electrons. The first-order valence-electron chi connectivity index (χ1n) is 5.60. The maximum Gasteiger partial charge on any atom is 0.251 e. The van der Waals surface area contributed by atoms with Gasteiger partial charge in [0.1, 0.15) is 0 Å². The molecule has 1 aromatic rings. The molecule has 1 aliphatic rings. The molecule has 0 spiro atoms. The number of hydrogen-bond donors (Lipinski definition) is 2. The quantitative estimate of drug-likeness (QED) is 0.802. The van der Waals surface area contributed by atoms with Gasteiger partial charge < -0.3 is 10.4 Å². The Morgan fingerprint density at radius 3 is 2.62 bits per heavy atom. The molecule has 1 amide bonds. The predicted molar refractivity (Wildman–Crippen MR) is 60.0 cm³/mol. The van der Waals surface area contributed by atoms with Crippen molar-refractivity contribution in [2.45, 2.75) is 31.3 Å². The molecule has 1 fully saturated rings. The molecule has 16 heavy (non-hydrogen) atoms. The van der Waals surface area contributed by atoms with Crippen molar-refractivity contribution in [2.24, 2.45) is 0 Å². The second kappa shape index (κ2) is 4.61. The van der Waals surface area contributed by atoms with Crippen LogP contribution in [0.15, 0.2) is 24.5 Å². The highest BCUT2D eigenvalue weighted by Gasteiger charge is 2.31. The first-order valence-corrected chi connectivity index (χ1v) is 5.60. The fourth-order valence-electron chi connectivity index (χ4n) is 2.06. The standard InChI is InChI=1S/C12H16N2O2/c15-11(10-3-7-13-8-4-10)14-9-12(16)5-1-2-6-12/h3-4,7-8,16H,1-2,5-6,9H2,(H,14,15). The van der Waals surface area contributed by atoms with E-state index >= 15 is 0 Å². The topological polar surface area (TPSA) is 62.2 Å². The minimum atomic E-state index is -0.692. The fourth-order valence-corrected chi connectivity index (χ4v) is 2.06. The Morgan fingerprint density at radius 1 is 1.38 bits per heavy atom. The van der Waals surface area contributed by atoms with Crippen molar-refractivity contribution in [2.75, 3.05) is 6.54 Å². The van der Waals surface area contributed by atoms with E-state index in [-0.39, 0.29) is 5.91 Å². The number of aliphatic hydroxyl groups is 1. The summed E-state index contributed by atoms with van der Waals surface area (Å²) < 4.78 is 0. The van der Waals surface area contributed by atoms with E-state index in [1.807, 2.05) is 0 Å². The SMILES string of the molecule is O=C(NCC1(O)CCCC1)c1ccncc1. The van der Waals surface area contributed by atoms with Crippen molar-refractivity contribution in [3.63, 3.8) is 0 Å². The van der Waals surface area contributed by atoms with Crippen molar-refractivity contribution >= 4 is 5.91 Å². The molecule has 0 bridgehead atoms. The maximum atomic E-state index is 11.7. The Labute approximate surface area is 94.7 Å². The van der Waals surface area contributed by atoms with E-state index in [1.54, 1.807) is 24.5 Å². The molecule has 1 heterocycles. The van der Waals surface area contributed by atoms with Crippen LogP contribution in [0.2, 0.25) is 0 Å². The first-order chi connectivity index (χ1) is 7.70. The Balaban J connectivity index is 1.89. The highest BCUT2D eigenvalue weighted by Crippen LogP contribution is 2.28. The molecule has 2 rings (SSSR count). The van der Waals surface area contributed by atoms with Crippen molar-refractivity contribution in [3.8, 4) is 0 Å². The van der Waals surface area contributed by atoms with Crippen LogP contribution in [0.5, 0.6) is 0 Å². The summed E-state index contributed by atoms with van der Waals surface area (Å²) in [5, 5.41) is 12.8. The molecule has 0 aliphatic heterocycles. The number of aromatic nitrogens is 1. The molecule has 4 heteroatoms. The van der Waals surface area contributed by atoms with E-state index in [9.17, 15) is 9.90 Å². The summed E-state index contributed by atoms with van der Waals surface area (Å²) in [7, 11) is 0. The summed E-state index contributed by atoms with van der Waals surface area (Å²) in [4.78, 5) is 15.5. The highest BCUT2D eigenvalue weighted by atomic mass is 16.3. The zero-order chi connectivity index (χ0) is 11.4. The molecule has 0 saturated heterocycles. The lowest BCUT2D eigenvalue weighted by Gasteiger charge is -2.22. The van der Waals surface area contributed by atoms with Crippen LogP contribution in [-0.2, 0) is 0 Å². The molecule has 1 saturated carbocycles. The van der Waals surface area contributed by atoms with E-state index in [2.05, 4.69) is 10.3 Å². The number of nitrogens with zero attached hydrogens (tertiary/aromatic N) is 1. The van der Waals surface area contributed by atoms with Gasteiger partial charge in [-0.25, -0.2) is 0 Å². The van der Waals surface area contributed by atoms with Gasteiger partial charge in [0.05, 0.1) is 5.60 Å². The largest absolute Gasteiger partial charge is 0.388 e. The maximum absolute atomic E-state index is 11.7. The Bertz CT molecular complexity index is 359. The second-order valence-corrected chi connectivity index (χ2v) is 4.35. The molecule has 0 atom stereocenters. The van der Waals surface area contributed by atoms with Crippen LogP contribution in [-0.4, -0.2) is 28.1 Å². The summed E-state index contributed by atoms with van der Waals surface area (Å²) in [6.07, 6.45) is 6.81.